The van der Waals surface area contributed by atoms with Crippen LogP contribution in [0.5, 0.6) is 0 Å². The Labute approximate surface area is 133 Å². The molecule has 2 rings (SSSR count). The Morgan fingerprint density at radius 3 is 2.32 bits per heavy atom. The molecule has 1 aliphatic carbocycles. The van der Waals surface area contributed by atoms with Crippen LogP contribution in [-0.2, 0) is 4.74 Å². The third-order valence-corrected chi connectivity index (χ3v) is 4.85. The number of aliphatic hydroxyl groups excluding tert-OH is 2. The summed E-state index contributed by atoms with van der Waals surface area (Å²) in [5, 5.41) is 20.8. The largest absolute Gasteiger partial charge is 0.444 e. The van der Waals surface area contributed by atoms with Gasteiger partial charge in [-0.15, -0.1) is 0 Å². The normalized spacial score (nSPS) is 34.1. The van der Waals surface area contributed by atoms with Crippen LogP contribution in [0.15, 0.2) is 0 Å². The van der Waals surface area contributed by atoms with Gasteiger partial charge in [-0.1, -0.05) is 19.3 Å². The predicted octanol–water partition coefficient (Wildman–Crippen LogP) is 2.55. The van der Waals surface area contributed by atoms with Crippen molar-refractivity contribution in [2.45, 2.75) is 77.1 Å². The van der Waals surface area contributed by atoms with E-state index in [1.807, 2.05) is 20.8 Å². The van der Waals surface area contributed by atoms with Crippen molar-refractivity contribution in [2.75, 3.05) is 13.1 Å². The monoisotopic (exact) mass is 313 g/mol. The molecule has 1 aliphatic heterocycles. The van der Waals surface area contributed by atoms with E-state index in [1.165, 1.54) is 0 Å². The summed E-state index contributed by atoms with van der Waals surface area (Å²) in [5.74, 6) is 0.0390. The number of hydrogen-bond acceptors (Lipinski definition) is 4. The molecule has 1 saturated carbocycles. The second-order valence-electron chi connectivity index (χ2n) is 7.82. The van der Waals surface area contributed by atoms with E-state index in [-0.39, 0.29) is 24.0 Å². The van der Waals surface area contributed by atoms with E-state index in [9.17, 15) is 15.0 Å². The molecule has 1 heterocycles. The van der Waals surface area contributed by atoms with E-state index in [2.05, 4.69) is 0 Å². The molecule has 0 aromatic carbocycles. The van der Waals surface area contributed by atoms with Crippen LogP contribution < -0.4 is 0 Å². The van der Waals surface area contributed by atoms with E-state index in [4.69, 9.17) is 4.74 Å². The number of aliphatic hydroxyl groups is 2. The summed E-state index contributed by atoms with van der Waals surface area (Å²) < 4.78 is 5.44. The molecule has 0 aromatic heterocycles. The molecule has 5 heteroatoms. The molecule has 4 atom stereocenters. The Bertz CT molecular complexity index is 379. The van der Waals surface area contributed by atoms with Crippen molar-refractivity contribution in [3.8, 4) is 0 Å². The maximum absolute atomic E-state index is 12.3. The quantitative estimate of drug-likeness (QED) is 0.730. The van der Waals surface area contributed by atoms with Crippen LogP contribution in [0, 0.1) is 11.8 Å². The van der Waals surface area contributed by atoms with Crippen LogP contribution in [0.2, 0.25) is 0 Å². The summed E-state index contributed by atoms with van der Waals surface area (Å²) in [5.41, 5.74) is -0.509. The van der Waals surface area contributed by atoms with Gasteiger partial charge in [0.15, 0.2) is 0 Å². The zero-order valence-electron chi connectivity index (χ0n) is 14.1. The molecule has 0 radical (unpaired) electrons. The van der Waals surface area contributed by atoms with E-state index in [0.29, 0.717) is 19.5 Å². The summed E-state index contributed by atoms with van der Waals surface area (Å²) in [6, 6.07) is 0. The molecule has 2 N–H and O–H groups in total. The van der Waals surface area contributed by atoms with Crippen LogP contribution in [0.25, 0.3) is 0 Å². The van der Waals surface area contributed by atoms with Gasteiger partial charge in [-0.2, -0.15) is 0 Å². The molecule has 2 fully saturated rings. The maximum atomic E-state index is 12.3. The standard InChI is InChI=1S/C17H31NO4/c1-17(2,3)22-16(21)18-10-9-15(20)13(11-18)12-7-5-4-6-8-14(12)19/h12-15,19-20H,4-11H2,1-3H3. The van der Waals surface area contributed by atoms with Crippen molar-refractivity contribution < 1.29 is 19.7 Å². The Balaban J connectivity index is 2.02. The molecule has 5 nitrogen and oxygen atoms in total. The van der Waals surface area contributed by atoms with Gasteiger partial charge in [0.2, 0.25) is 0 Å². The number of hydrogen-bond donors (Lipinski definition) is 2. The van der Waals surface area contributed by atoms with Crippen molar-refractivity contribution in [3.63, 3.8) is 0 Å². The number of nitrogens with zero attached hydrogens (tertiary/aromatic N) is 1. The number of carbonyl (C=O) groups excluding carboxylic acids is 1. The Hall–Kier alpha value is -0.810. The lowest BCUT2D eigenvalue weighted by Gasteiger charge is -2.41. The minimum Gasteiger partial charge on any atom is -0.444 e. The van der Waals surface area contributed by atoms with E-state index in [0.717, 1.165) is 32.1 Å². The number of likely N-dealkylation sites (tertiary alicyclic amines) is 1. The first-order valence-corrected chi connectivity index (χ1v) is 8.62. The van der Waals surface area contributed by atoms with Gasteiger partial charge < -0.3 is 19.8 Å². The van der Waals surface area contributed by atoms with Gasteiger partial charge in [0.05, 0.1) is 12.2 Å². The van der Waals surface area contributed by atoms with Gasteiger partial charge in [0.1, 0.15) is 5.60 Å². The number of amides is 1. The molecule has 1 saturated heterocycles. The topological polar surface area (TPSA) is 70.0 Å². The predicted molar refractivity (Wildman–Crippen MR) is 84.5 cm³/mol. The fourth-order valence-corrected chi connectivity index (χ4v) is 3.70. The first-order chi connectivity index (χ1) is 10.3. The number of piperidine rings is 1. The highest BCUT2D eigenvalue weighted by molar-refractivity contribution is 5.68. The van der Waals surface area contributed by atoms with Gasteiger partial charge >= 0.3 is 6.09 Å². The molecular formula is C17H31NO4. The van der Waals surface area contributed by atoms with Crippen LogP contribution in [0.3, 0.4) is 0 Å². The average molecular weight is 313 g/mol. The second-order valence-corrected chi connectivity index (χ2v) is 7.82. The van der Waals surface area contributed by atoms with E-state index >= 15 is 0 Å². The van der Waals surface area contributed by atoms with Crippen LogP contribution in [-0.4, -0.2) is 52.1 Å². The molecule has 0 spiro atoms. The highest BCUT2D eigenvalue weighted by atomic mass is 16.6. The first kappa shape index (κ1) is 17.5. The maximum Gasteiger partial charge on any atom is 0.410 e. The summed E-state index contributed by atoms with van der Waals surface area (Å²) >= 11 is 0. The SMILES string of the molecule is CC(C)(C)OC(=O)N1CCC(O)C(C2CCCCCC2O)C1. The molecule has 0 aromatic rings. The van der Waals surface area contributed by atoms with E-state index < -0.39 is 11.7 Å². The minimum atomic E-state index is -0.509. The number of carbonyl (C=O) groups is 1. The zero-order chi connectivity index (χ0) is 16.3. The summed E-state index contributed by atoms with van der Waals surface area (Å²) in [6.45, 7) is 6.58. The summed E-state index contributed by atoms with van der Waals surface area (Å²) in [6.07, 6.45) is 4.49. The Morgan fingerprint density at radius 1 is 1.00 bits per heavy atom. The summed E-state index contributed by atoms with van der Waals surface area (Å²) in [7, 11) is 0. The van der Waals surface area contributed by atoms with Crippen LogP contribution in [0.4, 0.5) is 4.79 Å². The molecule has 4 unspecified atom stereocenters. The van der Waals surface area contributed by atoms with Gasteiger partial charge in [0.25, 0.3) is 0 Å². The molecule has 22 heavy (non-hydrogen) atoms. The lowest BCUT2D eigenvalue weighted by molar-refractivity contribution is -0.0479. The molecule has 1 amide bonds. The third kappa shape index (κ3) is 4.59. The smallest absolute Gasteiger partial charge is 0.410 e. The van der Waals surface area contributed by atoms with Crippen molar-refractivity contribution in [2.24, 2.45) is 11.8 Å². The second kappa shape index (κ2) is 7.18. The molecule has 2 aliphatic rings. The highest BCUT2D eigenvalue weighted by Crippen LogP contribution is 2.35. The fourth-order valence-electron chi connectivity index (χ4n) is 3.70. The average Bonchev–Trinajstić information content (AvgIpc) is 2.62. The van der Waals surface area contributed by atoms with Crippen molar-refractivity contribution in [1.82, 2.24) is 4.90 Å². The Kier molecular flexibility index (Phi) is 5.72. The molecule has 128 valence electrons. The van der Waals surface area contributed by atoms with Crippen LogP contribution >= 0.6 is 0 Å². The first-order valence-electron chi connectivity index (χ1n) is 8.62. The Morgan fingerprint density at radius 2 is 1.64 bits per heavy atom. The number of ether oxygens (including phenoxy) is 1. The lowest BCUT2D eigenvalue weighted by atomic mass is 9.78. The highest BCUT2D eigenvalue weighted by Gasteiger charge is 2.39. The van der Waals surface area contributed by atoms with Crippen LogP contribution in [0.1, 0.15) is 59.3 Å². The van der Waals surface area contributed by atoms with Crippen molar-refractivity contribution in [3.05, 3.63) is 0 Å². The van der Waals surface area contributed by atoms with Gasteiger partial charge in [-0.25, -0.2) is 4.79 Å². The third-order valence-electron chi connectivity index (χ3n) is 4.85. The minimum absolute atomic E-state index is 0.0469. The van der Waals surface area contributed by atoms with Crippen molar-refractivity contribution in [1.29, 1.82) is 0 Å². The summed E-state index contributed by atoms with van der Waals surface area (Å²) in [4.78, 5) is 14.0. The number of rotatable bonds is 1. The molecular weight excluding hydrogens is 282 g/mol. The van der Waals surface area contributed by atoms with Gasteiger partial charge in [-0.3, -0.25) is 0 Å². The fraction of sp³-hybridized carbons (Fsp3) is 0.941. The zero-order valence-corrected chi connectivity index (χ0v) is 14.1. The van der Waals surface area contributed by atoms with Crippen molar-refractivity contribution >= 4 is 6.09 Å². The van der Waals surface area contributed by atoms with Gasteiger partial charge in [-0.05, 0) is 46.0 Å². The van der Waals surface area contributed by atoms with E-state index in [1.54, 1.807) is 4.90 Å². The van der Waals surface area contributed by atoms with Gasteiger partial charge in [0, 0.05) is 19.0 Å². The lowest BCUT2D eigenvalue weighted by Crippen LogP contribution is -2.51. The molecule has 0 bridgehead atoms.